The van der Waals surface area contributed by atoms with Crippen molar-refractivity contribution in [1.29, 1.82) is 0 Å². The molecule has 3 nitrogen and oxygen atoms in total. The smallest absolute Gasteiger partial charge is 0.425 e. The van der Waals surface area contributed by atoms with Crippen molar-refractivity contribution < 1.29 is 23.0 Å². The number of hydrogen-bond donors (Lipinski definition) is 0. The van der Waals surface area contributed by atoms with E-state index in [9.17, 15) is 13.2 Å². The maximum atomic E-state index is 13.4. The van der Waals surface area contributed by atoms with Crippen LogP contribution in [-0.2, 0) is 22.9 Å². The molecular formula is C25H30F3INO2S+. The summed E-state index contributed by atoms with van der Waals surface area (Å²) in [7, 11) is 0. The van der Waals surface area contributed by atoms with Crippen LogP contribution in [0.1, 0.15) is 109 Å². The molecule has 3 aliphatic rings. The summed E-state index contributed by atoms with van der Waals surface area (Å²) in [6.45, 7) is 8.57. The monoisotopic (exact) mass is 592 g/mol. The molecule has 2 N–H and O–H groups in total. The van der Waals surface area contributed by atoms with Crippen molar-refractivity contribution in [2.24, 2.45) is 5.41 Å². The Kier molecular flexibility index (Phi) is 5.75. The summed E-state index contributed by atoms with van der Waals surface area (Å²) >= 11 is 3.24. The van der Waals surface area contributed by atoms with Crippen molar-refractivity contribution in [1.82, 2.24) is 4.98 Å². The molecule has 4 atom stereocenters. The molecule has 5 rings (SSSR count). The molecule has 1 aliphatic heterocycles. The van der Waals surface area contributed by atoms with Crippen molar-refractivity contribution in [3.05, 3.63) is 50.0 Å². The minimum absolute atomic E-state index is 0.00427. The van der Waals surface area contributed by atoms with Crippen LogP contribution in [0, 0.1) is 5.41 Å². The number of rotatable bonds is 2. The van der Waals surface area contributed by atoms with Crippen LogP contribution in [0.2, 0.25) is 0 Å². The second-order valence-electron chi connectivity index (χ2n) is 10.8. The summed E-state index contributed by atoms with van der Waals surface area (Å²) in [4.78, 5) is 5.10. The molecule has 4 unspecified atom stereocenters. The van der Waals surface area contributed by atoms with Gasteiger partial charge in [-0.05, 0) is 49.1 Å². The fourth-order valence-electron chi connectivity index (χ4n) is 6.06. The quantitative estimate of drug-likeness (QED) is 0.208. The van der Waals surface area contributed by atoms with Gasteiger partial charge >= 0.3 is 6.18 Å². The van der Waals surface area contributed by atoms with Gasteiger partial charge in [0.15, 0.2) is 6.10 Å². The third kappa shape index (κ3) is 3.78. The van der Waals surface area contributed by atoms with Gasteiger partial charge in [0.1, 0.15) is 16.6 Å². The number of thiophene rings is 1. The number of pyridine rings is 1. The van der Waals surface area contributed by atoms with Crippen LogP contribution in [-0.4, -0.2) is 14.0 Å². The van der Waals surface area contributed by atoms with Crippen molar-refractivity contribution >= 4 is 33.9 Å². The Labute approximate surface area is 210 Å². The van der Waals surface area contributed by atoms with Crippen molar-refractivity contribution in [3.63, 3.8) is 0 Å². The van der Waals surface area contributed by atoms with E-state index < -0.39 is 28.9 Å². The molecule has 0 radical (unpaired) electrons. The number of fused-ring (bicyclic) bond motifs is 4. The number of hydrogen-bond acceptors (Lipinski definition) is 3. The van der Waals surface area contributed by atoms with Gasteiger partial charge in [0, 0.05) is 32.0 Å². The molecule has 2 aliphatic carbocycles. The van der Waals surface area contributed by atoms with Gasteiger partial charge in [-0.1, -0.05) is 50.3 Å². The SMILES string of the molecule is CC(C)c1nc2c(c3c1C(c1ccc(C(F)(F)F)s1)OC31CCCC1I)C([OH2+])CC(C)(C)C2. The minimum Gasteiger partial charge on any atom is -0.440 e. The van der Waals surface area contributed by atoms with Crippen LogP contribution >= 0.6 is 33.9 Å². The van der Waals surface area contributed by atoms with Crippen molar-refractivity contribution in [2.75, 3.05) is 0 Å². The van der Waals surface area contributed by atoms with E-state index in [1.165, 1.54) is 6.07 Å². The fourth-order valence-corrected chi connectivity index (χ4v) is 8.18. The Hall–Kier alpha value is -0.710. The maximum absolute atomic E-state index is 13.4. The fraction of sp³-hybridized carbons (Fsp3) is 0.640. The molecular weight excluding hydrogens is 562 g/mol. The van der Waals surface area contributed by atoms with Crippen LogP contribution < -0.4 is 0 Å². The zero-order valence-electron chi connectivity index (χ0n) is 19.3. The molecule has 3 heterocycles. The maximum Gasteiger partial charge on any atom is 0.425 e. The highest BCUT2D eigenvalue weighted by atomic mass is 127. The standard InChI is InChI=1S/C25H29F3INO2S/c1-12(2)21-19-20(18-13(30-21)10-23(3,4)11-14(18)31)24(9-5-6-16(24)29)32-22(19)15-7-8-17(33-15)25(26,27)28/h7-8,12,14,16,22,31H,5-6,9-11H2,1-4H3/p+1. The van der Waals surface area contributed by atoms with E-state index in [0.29, 0.717) is 4.88 Å². The summed E-state index contributed by atoms with van der Waals surface area (Å²) in [6.07, 6.45) is -0.904. The average molecular weight is 592 g/mol. The predicted molar refractivity (Wildman–Crippen MR) is 132 cm³/mol. The highest BCUT2D eigenvalue weighted by Gasteiger charge is 2.57. The van der Waals surface area contributed by atoms with Gasteiger partial charge in [-0.25, -0.2) is 0 Å². The zero-order valence-corrected chi connectivity index (χ0v) is 22.2. The molecule has 33 heavy (non-hydrogen) atoms. The molecule has 2 aromatic rings. The summed E-state index contributed by atoms with van der Waals surface area (Å²) in [5.41, 5.74) is 4.39. The van der Waals surface area contributed by atoms with Gasteiger partial charge in [-0.15, -0.1) is 11.3 Å². The van der Waals surface area contributed by atoms with Crippen LogP contribution in [0.5, 0.6) is 0 Å². The van der Waals surface area contributed by atoms with Crippen LogP contribution in [0.15, 0.2) is 12.1 Å². The van der Waals surface area contributed by atoms with Crippen molar-refractivity contribution in [2.45, 2.75) is 93.6 Å². The Bertz CT molecular complexity index is 1100. The van der Waals surface area contributed by atoms with Crippen molar-refractivity contribution in [3.8, 4) is 0 Å². The second kappa shape index (κ2) is 7.90. The highest BCUT2D eigenvalue weighted by Crippen LogP contribution is 2.61. The lowest BCUT2D eigenvalue weighted by molar-refractivity contribution is -0.134. The molecule has 2 aromatic heterocycles. The first-order chi connectivity index (χ1) is 15.3. The Morgan fingerprint density at radius 2 is 1.97 bits per heavy atom. The lowest BCUT2D eigenvalue weighted by atomic mass is 9.70. The molecule has 1 spiro atoms. The zero-order chi connectivity index (χ0) is 23.9. The first-order valence-corrected chi connectivity index (χ1v) is 13.7. The normalized spacial score (nSPS) is 30.8. The summed E-state index contributed by atoms with van der Waals surface area (Å²) in [6, 6.07) is 2.74. The lowest BCUT2D eigenvalue weighted by Crippen LogP contribution is -2.35. The predicted octanol–water partition coefficient (Wildman–Crippen LogP) is 7.33. The van der Waals surface area contributed by atoms with Crippen LogP contribution in [0.3, 0.4) is 0 Å². The molecule has 1 fully saturated rings. The Morgan fingerprint density at radius 1 is 1.24 bits per heavy atom. The molecule has 0 bridgehead atoms. The summed E-state index contributed by atoms with van der Waals surface area (Å²) in [5.74, 6) is 0.107. The first kappa shape index (κ1) is 24.0. The summed E-state index contributed by atoms with van der Waals surface area (Å²) in [5, 5.41) is 9.08. The second-order valence-corrected chi connectivity index (χ2v) is 13.5. The van der Waals surface area contributed by atoms with E-state index in [-0.39, 0.29) is 15.3 Å². The number of halogens is 4. The van der Waals surface area contributed by atoms with Gasteiger partial charge in [0.25, 0.3) is 0 Å². The first-order valence-electron chi connectivity index (χ1n) is 11.6. The topological polar surface area (TPSA) is 45.0 Å². The average Bonchev–Trinajstić information content (AvgIpc) is 3.38. The lowest BCUT2D eigenvalue weighted by Gasteiger charge is -2.37. The summed E-state index contributed by atoms with van der Waals surface area (Å²) < 4.78 is 47.4. The van der Waals surface area contributed by atoms with Gasteiger partial charge < -0.3 is 9.84 Å². The molecule has 0 saturated heterocycles. The van der Waals surface area contributed by atoms with Gasteiger partial charge in [0.2, 0.25) is 0 Å². The van der Waals surface area contributed by atoms with Crippen LogP contribution in [0.4, 0.5) is 13.2 Å². The Morgan fingerprint density at radius 3 is 2.55 bits per heavy atom. The van der Waals surface area contributed by atoms with Gasteiger partial charge in [0.05, 0.1) is 11.3 Å². The number of aromatic nitrogens is 1. The number of ether oxygens (including phenoxy) is 1. The van der Waals surface area contributed by atoms with E-state index in [4.69, 9.17) is 14.8 Å². The number of alkyl halides is 4. The number of nitrogens with zero attached hydrogens (tertiary/aromatic N) is 1. The molecule has 0 aromatic carbocycles. The minimum atomic E-state index is -4.37. The highest BCUT2D eigenvalue weighted by molar-refractivity contribution is 14.1. The van der Waals surface area contributed by atoms with E-state index in [1.807, 2.05) is 0 Å². The van der Waals surface area contributed by atoms with Gasteiger partial charge in [-0.3, -0.25) is 4.98 Å². The molecule has 180 valence electrons. The van der Waals surface area contributed by atoms with E-state index >= 15 is 0 Å². The molecule has 1 saturated carbocycles. The van der Waals surface area contributed by atoms with Gasteiger partial charge in [-0.2, -0.15) is 13.2 Å². The molecule has 0 amide bonds. The van der Waals surface area contributed by atoms with E-state index in [1.54, 1.807) is 6.07 Å². The third-order valence-electron chi connectivity index (χ3n) is 7.37. The van der Waals surface area contributed by atoms with E-state index in [2.05, 4.69) is 50.3 Å². The Balaban J connectivity index is 1.78. The largest absolute Gasteiger partial charge is 0.440 e. The van der Waals surface area contributed by atoms with Crippen LogP contribution in [0.25, 0.3) is 0 Å². The molecule has 8 heteroatoms. The van der Waals surface area contributed by atoms with E-state index in [0.717, 1.165) is 71.5 Å². The third-order valence-corrected chi connectivity index (χ3v) is 10.2.